The number of carbonyl (C=O) groups is 1. The van der Waals surface area contributed by atoms with Crippen molar-refractivity contribution in [3.63, 3.8) is 0 Å². The van der Waals surface area contributed by atoms with Crippen LogP contribution in [0.15, 0.2) is 24.3 Å². The normalized spacial score (nSPS) is 22.1. The van der Waals surface area contributed by atoms with Gasteiger partial charge in [0, 0.05) is 31.3 Å². The van der Waals surface area contributed by atoms with E-state index in [0.29, 0.717) is 18.7 Å². The van der Waals surface area contributed by atoms with Gasteiger partial charge in [0.05, 0.1) is 23.3 Å². The molecule has 2 fully saturated rings. The largest absolute Gasteiger partial charge is 0.517 e. The molecule has 2 aromatic rings. The number of ether oxygens (including phenoxy) is 1. The molecule has 0 spiro atoms. The highest BCUT2D eigenvalue weighted by atomic mass is 19.1. The Kier molecular flexibility index (Phi) is 5.81. The number of carbonyl (C=O) groups excluding carboxylic acids is 1. The van der Waals surface area contributed by atoms with E-state index in [0.717, 1.165) is 10.9 Å². The second-order valence-electron chi connectivity index (χ2n) is 11.3. The van der Waals surface area contributed by atoms with E-state index in [9.17, 15) is 4.79 Å². The maximum Gasteiger partial charge on any atom is 0.517 e. The molecule has 33 heavy (non-hydrogen) atoms. The third-order valence-corrected chi connectivity index (χ3v) is 6.91. The molecule has 0 bridgehead atoms. The second kappa shape index (κ2) is 7.98. The predicted molar refractivity (Wildman–Crippen MR) is 126 cm³/mol. The number of halogens is 1. The molecule has 0 N–H and O–H groups in total. The second-order valence-corrected chi connectivity index (χ2v) is 11.3. The number of rotatable bonds is 3. The number of likely N-dealkylation sites (tertiary alicyclic amines) is 1. The minimum absolute atomic E-state index is 0.106. The molecule has 2 saturated heterocycles. The number of benzene rings is 1. The molecule has 0 unspecified atom stereocenters. The lowest BCUT2D eigenvalue weighted by Crippen LogP contribution is -2.48. The van der Waals surface area contributed by atoms with Crippen LogP contribution in [-0.2, 0) is 20.6 Å². The first kappa shape index (κ1) is 24.0. The van der Waals surface area contributed by atoms with Crippen molar-refractivity contribution in [1.82, 2.24) is 14.7 Å². The highest BCUT2D eigenvalue weighted by molar-refractivity contribution is 6.64. The van der Waals surface area contributed by atoms with Crippen molar-refractivity contribution in [3.8, 4) is 0 Å². The summed E-state index contributed by atoms with van der Waals surface area (Å²) in [7, 11) is -0.620. The predicted octanol–water partition coefficient (Wildman–Crippen LogP) is 4.07. The standard InChI is InChI=1S/C24H35BFN3O4/c1-21(2,3)31-20(30)28-14-12-24(26,13-15-28)16-29-18-11-9-8-10-17(18)19(27-29)25-32-22(4,5)23(6,7)33-25/h8-11H,12-16H2,1-7H3. The Morgan fingerprint density at radius 1 is 1.12 bits per heavy atom. The van der Waals surface area contributed by atoms with E-state index in [-0.39, 0.29) is 19.4 Å². The number of hydrogen-bond donors (Lipinski definition) is 0. The Morgan fingerprint density at radius 3 is 2.27 bits per heavy atom. The number of hydrogen-bond acceptors (Lipinski definition) is 5. The first-order valence-corrected chi connectivity index (χ1v) is 11.7. The summed E-state index contributed by atoms with van der Waals surface area (Å²) < 4.78 is 35.5. The fourth-order valence-corrected chi connectivity index (χ4v) is 4.25. The summed E-state index contributed by atoms with van der Waals surface area (Å²) in [5, 5.41) is 5.66. The van der Waals surface area contributed by atoms with E-state index in [1.54, 1.807) is 9.58 Å². The minimum Gasteiger partial charge on any atom is -0.444 e. The summed E-state index contributed by atoms with van der Waals surface area (Å²) >= 11 is 0. The summed E-state index contributed by atoms with van der Waals surface area (Å²) in [4.78, 5) is 13.9. The van der Waals surface area contributed by atoms with Crippen LogP contribution in [0.25, 0.3) is 10.9 Å². The first-order chi connectivity index (χ1) is 15.2. The van der Waals surface area contributed by atoms with Crippen molar-refractivity contribution in [2.24, 2.45) is 0 Å². The van der Waals surface area contributed by atoms with Gasteiger partial charge in [-0.15, -0.1) is 0 Å². The summed E-state index contributed by atoms with van der Waals surface area (Å²) in [6.07, 6.45) is 0.0653. The Balaban J connectivity index is 1.53. The lowest BCUT2D eigenvalue weighted by molar-refractivity contribution is -0.00103. The molecule has 4 rings (SSSR count). The van der Waals surface area contributed by atoms with Crippen LogP contribution in [-0.4, -0.2) is 63.5 Å². The van der Waals surface area contributed by atoms with Gasteiger partial charge >= 0.3 is 13.2 Å². The summed E-state index contributed by atoms with van der Waals surface area (Å²) in [6, 6.07) is 7.77. The van der Waals surface area contributed by atoms with Crippen molar-refractivity contribution < 1.29 is 23.2 Å². The van der Waals surface area contributed by atoms with Crippen LogP contribution in [0.5, 0.6) is 0 Å². The van der Waals surface area contributed by atoms with E-state index >= 15 is 4.39 Å². The molecule has 0 radical (unpaired) electrons. The molecule has 1 aromatic carbocycles. The Morgan fingerprint density at radius 2 is 1.70 bits per heavy atom. The molecule has 0 aliphatic carbocycles. The first-order valence-electron chi connectivity index (χ1n) is 11.7. The number of aromatic nitrogens is 2. The van der Waals surface area contributed by atoms with E-state index in [1.165, 1.54) is 0 Å². The quantitative estimate of drug-likeness (QED) is 0.648. The third kappa shape index (κ3) is 4.75. The highest BCUT2D eigenvalue weighted by Gasteiger charge is 2.53. The zero-order valence-corrected chi connectivity index (χ0v) is 20.8. The van der Waals surface area contributed by atoms with E-state index in [1.807, 2.05) is 72.7 Å². The van der Waals surface area contributed by atoms with Crippen molar-refractivity contribution in [2.45, 2.75) is 90.3 Å². The van der Waals surface area contributed by atoms with Gasteiger partial charge < -0.3 is 18.9 Å². The number of fused-ring (bicyclic) bond motifs is 1. The van der Waals surface area contributed by atoms with Crippen LogP contribution in [0.3, 0.4) is 0 Å². The van der Waals surface area contributed by atoms with Gasteiger partial charge in [-0.3, -0.25) is 4.68 Å². The summed E-state index contributed by atoms with van der Waals surface area (Å²) in [6.45, 7) is 14.2. The average Bonchev–Trinajstić information content (AvgIpc) is 3.14. The number of nitrogens with zero attached hydrogens (tertiary/aromatic N) is 3. The molecule has 3 heterocycles. The lowest BCUT2D eigenvalue weighted by Gasteiger charge is -2.37. The molecule has 9 heteroatoms. The van der Waals surface area contributed by atoms with Crippen LogP contribution in [0.2, 0.25) is 0 Å². The molecule has 0 atom stereocenters. The van der Waals surface area contributed by atoms with Gasteiger partial charge in [-0.2, -0.15) is 5.10 Å². The SMILES string of the molecule is CC(C)(C)OC(=O)N1CCC(F)(Cn2nc(B3OC(C)(C)C(C)(C)O3)c3ccccc32)CC1. The molecule has 1 aromatic heterocycles. The van der Waals surface area contributed by atoms with Gasteiger partial charge in [0.15, 0.2) is 0 Å². The monoisotopic (exact) mass is 459 g/mol. The van der Waals surface area contributed by atoms with Crippen molar-refractivity contribution in [2.75, 3.05) is 13.1 Å². The van der Waals surface area contributed by atoms with Crippen LogP contribution >= 0.6 is 0 Å². The third-order valence-electron chi connectivity index (χ3n) is 6.91. The molecule has 0 saturated carbocycles. The zero-order chi connectivity index (χ0) is 24.2. The topological polar surface area (TPSA) is 65.8 Å². The molecule has 2 aliphatic rings. The Hall–Kier alpha value is -2.13. The Bertz CT molecular complexity index is 1020. The zero-order valence-electron chi connectivity index (χ0n) is 20.8. The molecule has 7 nitrogen and oxygen atoms in total. The van der Waals surface area contributed by atoms with Crippen LogP contribution in [0.1, 0.15) is 61.3 Å². The number of piperidine rings is 1. The molecule has 1 amide bonds. The summed E-state index contributed by atoms with van der Waals surface area (Å²) in [5.41, 5.74) is -1.51. The van der Waals surface area contributed by atoms with Gasteiger partial charge in [-0.05, 0) is 54.5 Å². The fraction of sp³-hybridized carbons (Fsp3) is 0.667. The average molecular weight is 459 g/mol. The van der Waals surface area contributed by atoms with Crippen molar-refractivity contribution >= 4 is 29.7 Å². The van der Waals surface area contributed by atoms with E-state index in [2.05, 4.69) is 0 Å². The van der Waals surface area contributed by atoms with Gasteiger partial charge in [-0.1, -0.05) is 18.2 Å². The van der Waals surface area contributed by atoms with Crippen LogP contribution < -0.4 is 5.59 Å². The van der Waals surface area contributed by atoms with E-state index in [4.69, 9.17) is 19.1 Å². The Labute approximate surface area is 195 Å². The molecule has 2 aliphatic heterocycles. The maximum absolute atomic E-state index is 15.9. The maximum atomic E-state index is 15.9. The highest BCUT2D eigenvalue weighted by Crippen LogP contribution is 2.37. The smallest absolute Gasteiger partial charge is 0.444 e. The van der Waals surface area contributed by atoms with Gasteiger partial charge in [0.2, 0.25) is 0 Å². The van der Waals surface area contributed by atoms with Crippen molar-refractivity contribution in [1.29, 1.82) is 0 Å². The molecular weight excluding hydrogens is 424 g/mol. The van der Waals surface area contributed by atoms with Crippen LogP contribution in [0, 0.1) is 0 Å². The number of amides is 1. The van der Waals surface area contributed by atoms with Gasteiger partial charge in [-0.25, -0.2) is 9.18 Å². The summed E-state index contributed by atoms with van der Waals surface area (Å²) in [5.74, 6) is 0. The van der Waals surface area contributed by atoms with E-state index < -0.39 is 35.7 Å². The van der Waals surface area contributed by atoms with Gasteiger partial charge in [0.25, 0.3) is 0 Å². The van der Waals surface area contributed by atoms with Crippen molar-refractivity contribution in [3.05, 3.63) is 24.3 Å². The number of alkyl halides is 1. The molecular formula is C24H35BFN3O4. The number of para-hydroxylation sites is 1. The lowest BCUT2D eigenvalue weighted by atomic mass is 9.82. The molecule has 180 valence electrons. The minimum atomic E-state index is -1.47. The fourth-order valence-electron chi connectivity index (χ4n) is 4.25. The van der Waals surface area contributed by atoms with Crippen LogP contribution in [0.4, 0.5) is 9.18 Å². The van der Waals surface area contributed by atoms with Gasteiger partial charge in [0.1, 0.15) is 16.9 Å².